The molecule has 0 saturated carbocycles. The molecule has 12 aromatic rings. The molecule has 2 heteroatoms. The van der Waals surface area contributed by atoms with Crippen LogP contribution in [0.3, 0.4) is 0 Å². The lowest BCUT2D eigenvalue weighted by atomic mass is 9.85. The van der Waals surface area contributed by atoms with Gasteiger partial charge in [-0.15, -0.1) is 0 Å². The summed E-state index contributed by atoms with van der Waals surface area (Å²) in [5, 5.41) is 14.4. The van der Waals surface area contributed by atoms with E-state index in [1.54, 1.807) is 0 Å². The van der Waals surface area contributed by atoms with Gasteiger partial charge in [0.05, 0.1) is 0 Å². The summed E-state index contributed by atoms with van der Waals surface area (Å²) in [7, 11) is 0. The van der Waals surface area contributed by atoms with Crippen molar-refractivity contribution < 1.29 is 8.83 Å². The van der Waals surface area contributed by atoms with Crippen LogP contribution in [0.25, 0.3) is 120 Å². The summed E-state index contributed by atoms with van der Waals surface area (Å²) < 4.78 is 12.6. The fourth-order valence-electron chi connectivity index (χ4n) is 8.93. The van der Waals surface area contributed by atoms with Crippen molar-refractivity contribution in [3.05, 3.63) is 182 Å². The van der Waals surface area contributed by atoms with Crippen LogP contribution in [0, 0.1) is 0 Å². The summed E-state index contributed by atoms with van der Waals surface area (Å²) in [4.78, 5) is 0. The molecule has 0 bridgehead atoms. The van der Waals surface area contributed by atoms with Gasteiger partial charge in [-0.2, -0.15) is 0 Å². The molecule has 0 atom stereocenters. The molecule has 0 radical (unpaired) electrons. The number of para-hydroxylation sites is 1. The van der Waals surface area contributed by atoms with Gasteiger partial charge in [-0.1, -0.05) is 140 Å². The first-order valence-corrected chi connectivity index (χ1v) is 18.5. The minimum Gasteiger partial charge on any atom is -0.456 e. The van der Waals surface area contributed by atoms with E-state index in [2.05, 4.69) is 170 Å². The van der Waals surface area contributed by atoms with Crippen molar-refractivity contribution in [3.8, 4) is 33.4 Å². The Morgan fingerprint density at radius 1 is 0.241 bits per heavy atom. The van der Waals surface area contributed by atoms with Gasteiger partial charge in [-0.05, 0) is 119 Å². The molecule has 10 aromatic carbocycles. The van der Waals surface area contributed by atoms with Crippen molar-refractivity contribution in [2.24, 2.45) is 0 Å². The van der Waals surface area contributed by atoms with Crippen LogP contribution in [0.5, 0.6) is 0 Å². The van der Waals surface area contributed by atoms with Crippen LogP contribution in [0.1, 0.15) is 0 Å². The number of hydrogen-bond donors (Lipinski definition) is 0. The Hall–Kier alpha value is -7.16. The van der Waals surface area contributed by atoms with Crippen molar-refractivity contribution in [3.63, 3.8) is 0 Å². The number of benzene rings is 10. The van der Waals surface area contributed by atoms with E-state index in [0.717, 1.165) is 38.5 Å². The number of fused-ring (bicyclic) bond motifs is 11. The van der Waals surface area contributed by atoms with E-state index < -0.39 is 0 Å². The summed E-state index contributed by atoms with van der Waals surface area (Å²) >= 11 is 0. The van der Waals surface area contributed by atoms with E-state index in [1.807, 2.05) is 12.1 Å². The van der Waals surface area contributed by atoms with E-state index in [-0.39, 0.29) is 0 Å². The maximum absolute atomic E-state index is 6.41. The molecule has 250 valence electrons. The van der Waals surface area contributed by atoms with Gasteiger partial charge in [-0.3, -0.25) is 0 Å². The molecule has 0 saturated heterocycles. The van der Waals surface area contributed by atoms with Gasteiger partial charge in [0.15, 0.2) is 0 Å². The molecular formula is C52H30O2. The minimum absolute atomic E-state index is 0.910. The second-order valence-corrected chi connectivity index (χ2v) is 14.4. The van der Waals surface area contributed by atoms with E-state index in [4.69, 9.17) is 8.83 Å². The summed E-state index contributed by atoms with van der Waals surface area (Å²) in [6.07, 6.45) is 0. The number of hydrogen-bond acceptors (Lipinski definition) is 2. The van der Waals surface area contributed by atoms with Gasteiger partial charge < -0.3 is 8.83 Å². The Kier molecular flexibility index (Phi) is 6.09. The molecule has 0 aliphatic rings. The highest BCUT2D eigenvalue weighted by atomic mass is 16.3. The average molecular weight is 687 g/mol. The van der Waals surface area contributed by atoms with E-state index in [9.17, 15) is 0 Å². The Morgan fingerprint density at radius 3 is 1.54 bits per heavy atom. The topological polar surface area (TPSA) is 26.3 Å². The third kappa shape index (κ3) is 4.28. The third-order valence-electron chi connectivity index (χ3n) is 11.4. The Balaban J connectivity index is 0.983. The normalized spacial score (nSPS) is 12.1. The zero-order chi connectivity index (χ0) is 35.3. The van der Waals surface area contributed by atoms with Crippen LogP contribution >= 0.6 is 0 Å². The van der Waals surface area contributed by atoms with Crippen LogP contribution in [-0.2, 0) is 0 Å². The zero-order valence-corrected chi connectivity index (χ0v) is 29.1. The maximum atomic E-state index is 6.41. The Morgan fingerprint density at radius 2 is 0.778 bits per heavy atom. The molecule has 2 nitrogen and oxygen atoms in total. The van der Waals surface area contributed by atoms with Crippen molar-refractivity contribution in [2.45, 2.75) is 0 Å². The standard InChI is InChI=1S/C52H30O2/c1-2-10-38-32(9-1)23-26-48-52(38)45-28-35-22-21-34(27-37(35)30-49(45)54-48)31-17-19-33(20-18-31)50-40-12-3-5-14-42(40)51(43-15-6-4-13-41(43)50)36-24-25-47-44(29-36)39-11-7-8-16-46(39)53-47/h1-30H. The van der Waals surface area contributed by atoms with E-state index in [1.165, 1.54) is 81.9 Å². The molecule has 12 rings (SSSR count). The van der Waals surface area contributed by atoms with Gasteiger partial charge in [0, 0.05) is 21.5 Å². The predicted molar refractivity (Wildman–Crippen MR) is 227 cm³/mol. The van der Waals surface area contributed by atoms with Gasteiger partial charge in [0.1, 0.15) is 22.3 Å². The molecular weight excluding hydrogens is 657 g/mol. The number of rotatable bonds is 3. The van der Waals surface area contributed by atoms with Gasteiger partial charge in [-0.25, -0.2) is 0 Å². The minimum atomic E-state index is 0.910. The first-order valence-electron chi connectivity index (χ1n) is 18.5. The Labute approximate surface area is 310 Å². The lowest BCUT2D eigenvalue weighted by molar-refractivity contribution is 0.669. The molecule has 0 spiro atoms. The van der Waals surface area contributed by atoms with Crippen LogP contribution in [0.15, 0.2) is 191 Å². The van der Waals surface area contributed by atoms with Crippen LogP contribution in [0.2, 0.25) is 0 Å². The third-order valence-corrected chi connectivity index (χ3v) is 11.4. The van der Waals surface area contributed by atoms with Crippen LogP contribution < -0.4 is 0 Å². The van der Waals surface area contributed by atoms with Crippen molar-refractivity contribution in [1.82, 2.24) is 0 Å². The fourth-order valence-corrected chi connectivity index (χ4v) is 8.93. The van der Waals surface area contributed by atoms with Gasteiger partial charge in [0.25, 0.3) is 0 Å². The summed E-state index contributed by atoms with van der Waals surface area (Å²) in [6.45, 7) is 0. The summed E-state index contributed by atoms with van der Waals surface area (Å²) in [5.41, 5.74) is 10.9. The van der Waals surface area contributed by atoms with Gasteiger partial charge >= 0.3 is 0 Å². The molecule has 0 amide bonds. The Bertz CT molecular complexity index is 3430. The van der Waals surface area contributed by atoms with Crippen LogP contribution in [0.4, 0.5) is 0 Å². The highest BCUT2D eigenvalue weighted by Crippen LogP contribution is 2.45. The van der Waals surface area contributed by atoms with Crippen LogP contribution in [-0.4, -0.2) is 0 Å². The molecule has 54 heavy (non-hydrogen) atoms. The monoisotopic (exact) mass is 686 g/mol. The first-order chi connectivity index (χ1) is 26.7. The fraction of sp³-hybridized carbons (Fsp3) is 0. The van der Waals surface area contributed by atoms with Crippen molar-refractivity contribution >= 4 is 87.0 Å². The van der Waals surface area contributed by atoms with Crippen molar-refractivity contribution in [1.29, 1.82) is 0 Å². The lowest BCUT2D eigenvalue weighted by Crippen LogP contribution is -1.91. The molecule has 0 fully saturated rings. The quantitative estimate of drug-likeness (QED) is 0.173. The molecule has 2 aromatic heterocycles. The van der Waals surface area contributed by atoms with Gasteiger partial charge in [0.2, 0.25) is 0 Å². The molecule has 0 aliphatic carbocycles. The molecule has 2 heterocycles. The number of furan rings is 2. The average Bonchev–Trinajstić information content (AvgIpc) is 3.79. The summed E-state index contributed by atoms with van der Waals surface area (Å²) in [5.74, 6) is 0. The SMILES string of the molecule is c1ccc2c(c1)ccc1oc3cc4cc(-c5ccc(-c6c7ccccc7c(-c7ccc8oc9ccccc9c8c7)c7ccccc67)cc5)ccc4cc3c12. The molecule has 0 aliphatic heterocycles. The highest BCUT2D eigenvalue weighted by Gasteiger charge is 2.18. The lowest BCUT2D eigenvalue weighted by Gasteiger charge is -2.18. The second-order valence-electron chi connectivity index (χ2n) is 14.4. The van der Waals surface area contributed by atoms with E-state index >= 15 is 0 Å². The first kappa shape index (κ1) is 29.4. The van der Waals surface area contributed by atoms with Crippen molar-refractivity contribution in [2.75, 3.05) is 0 Å². The molecule has 0 N–H and O–H groups in total. The second kappa shape index (κ2) is 11.2. The molecule has 0 unspecified atom stereocenters. The smallest absolute Gasteiger partial charge is 0.136 e. The van der Waals surface area contributed by atoms with E-state index in [0.29, 0.717) is 0 Å². The largest absolute Gasteiger partial charge is 0.456 e. The zero-order valence-electron chi connectivity index (χ0n) is 29.1. The highest BCUT2D eigenvalue weighted by molar-refractivity contribution is 6.23. The predicted octanol–water partition coefficient (Wildman–Crippen LogP) is 15.1. The summed E-state index contributed by atoms with van der Waals surface area (Å²) in [6, 6.07) is 65.7. The maximum Gasteiger partial charge on any atom is 0.136 e.